The molecule has 6 heteroatoms. The van der Waals surface area contributed by atoms with Crippen molar-refractivity contribution in [3.8, 4) is 0 Å². The summed E-state index contributed by atoms with van der Waals surface area (Å²) in [6.07, 6.45) is 0.971. The lowest BCUT2D eigenvalue weighted by molar-refractivity contribution is -0.145. The van der Waals surface area contributed by atoms with Gasteiger partial charge in [-0.2, -0.15) is 0 Å². The Morgan fingerprint density at radius 1 is 1.41 bits per heavy atom. The Kier molecular flexibility index (Phi) is 7.45. The number of thiocarbonyl (C=S) groups is 1. The van der Waals surface area contributed by atoms with E-state index in [1.54, 1.807) is 0 Å². The van der Waals surface area contributed by atoms with Crippen LogP contribution in [0.3, 0.4) is 0 Å². The number of amides is 2. The number of nitrogens with zero attached hydrogens (tertiary/aromatic N) is 1. The van der Waals surface area contributed by atoms with Gasteiger partial charge in [0, 0.05) is 13.1 Å². The molecular weight excluding hydrogens is 238 g/mol. The van der Waals surface area contributed by atoms with E-state index in [2.05, 4.69) is 24.5 Å². The molecule has 1 atom stereocenters. The fourth-order valence-electron chi connectivity index (χ4n) is 1.25. The summed E-state index contributed by atoms with van der Waals surface area (Å²) in [5, 5.41) is 2.39. The molecule has 2 amide bonds. The molecule has 0 fully saturated rings. The molecule has 98 valence electrons. The van der Waals surface area contributed by atoms with Crippen molar-refractivity contribution >= 4 is 29.0 Å². The van der Waals surface area contributed by atoms with Crippen LogP contribution in [0, 0.1) is 5.92 Å². The van der Waals surface area contributed by atoms with E-state index < -0.39 is 11.8 Å². The highest BCUT2D eigenvalue weighted by atomic mass is 32.1. The zero-order valence-corrected chi connectivity index (χ0v) is 11.5. The Bertz CT molecular complexity index is 294. The molecule has 0 aliphatic heterocycles. The summed E-state index contributed by atoms with van der Waals surface area (Å²) in [6, 6.07) is 0. The first-order valence-electron chi connectivity index (χ1n) is 5.77. The lowest BCUT2D eigenvalue weighted by Gasteiger charge is -2.23. The molecule has 1 unspecified atom stereocenters. The number of carbonyl (C=O) groups is 2. The van der Waals surface area contributed by atoms with E-state index in [-0.39, 0.29) is 11.5 Å². The van der Waals surface area contributed by atoms with Crippen LogP contribution in [0.4, 0.5) is 0 Å². The second-order valence-corrected chi connectivity index (χ2v) is 4.53. The van der Waals surface area contributed by atoms with Crippen LogP contribution in [-0.2, 0) is 9.59 Å². The topological polar surface area (TPSA) is 75.4 Å². The Balaban J connectivity index is 4.32. The van der Waals surface area contributed by atoms with Crippen LogP contribution in [0.5, 0.6) is 0 Å². The van der Waals surface area contributed by atoms with Gasteiger partial charge in [-0.05, 0) is 12.8 Å². The molecule has 0 aliphatic carbocycles. The van der Waals surface area contributed by atoms with Gasteiger partial charge in [-0.25, -0.2) is 0 Å². The fraction of sp³-hybridized carbons (Fsp3) is 0.727. The molecule has 0 aromatic heterocycles. The number of rotatable bonds is 6. The molecule has 0 saturated carbocycles. The summed E-state index contributed by atoms with van der Waals surface area (Å²) >= 11 is 4.62. The molecule has 17 heavy (non-hydrogen) atoms. The van der Waals surface area contributed by atoms with Crippen molar-refractivity contribution < 1.29 is 9.59 Å². The Hall–Kier alpha value is -1.17. The van der Waals surface area contributed by atoms with E-state index in [0.717, 1.165) is 6.42 Å². The Labute approximate surface area is 108 Å². The molecule has 0 radical (unpaired) electrons. The number of likely N-dealkylation sites (N-methyl/N-ethyl adjacent to an activating group) is 1. The van der Waals surface area contributed by atoms with Crippen LogP contribution in [0.15, 0.2) is 0 Å². The van der Waals surface area contributed by atoms with Crippen molar-refractivity contribution in [1.82, 2.24) is 10.2 Å². The molecule has 0 saturated heterocycles. The molecule has 0 aromatic carbocycles. The quantitative estimate of drug-likeness (QED) is 0.531. The van der Waals surface area contributed by atoms with E-state index in [1.165, 1.54) is 4.90 Å². The fourth-order valence-corrected chi connectivity index (χ4v) is 1.32. The van der Waals surface area contributed by atoms with Gasteiger partial charge in [0.2, 0.25) is 0 Å². The van der Waals surface area contributed by atoms with Crippen molar-refractivity contribution in [1.29, 1.82) is 0 Å². The number of hydrogen-bond acceptors (Lipinski definition) is 3. The largest absolute Gasteiger partial charge is 0.392 e. The van der Waals surface area contributed by atoms with Gasteiger partial charge < -0.3 is 16.0 Å². The number of nitrogens with two attached hydrogens (primary N) is 1. The Morgan fingerprint density at radius 2 is 2.00 bits per heavy atom. The summed E-state index contributed by atoms with van der Waals surface area (Å²) in [5.41, 5.74) is 5.24. The average molecular weight is 259 g/mol. The molecule has 0 spiro atoms. The zero-order chi connectivity index (χ0) is 13.4. The maximum Gasteiger partial charge on any atom is 0.311 e. The number of hydrogen-bond donors (Lipinski definition) is 2. The second-order valence-electron chi connectivity index (χ2n) is 4.01. The van der Waals surface area contributed by atoms with Crippen molar-refractivity contribution in [3.05, 3.63) is 0 Å². The minimum atomic E-state index is -0.650. The number of carbonyl (C=O) groups excluding carboxylic acids is 2. The molecule has 0 aliphatic rings. The molecule has 0 aromatic rings. The highest BCUT2D eigenvalue weighted by molar-refractivity contribution is 7.80. The third-order valence-electron chi connectivity index (χ3n) is 2.52. The Morgan fingerprint density at radius 3 is 2.41 bits per heavy atom. The van der Waals surface area contributed by atoms with Crippen LogP contribution < -0.4 is 11.1 Å². The van der Waals surface area contributed by atoms with Crippen LogP contribution in [0.2, 0.25) is 0 Å². The molecule has 0 heterocycles. The molecule has 3 N–H and O–H groups in total. The minimum absolute atomic E-state index is 0.0563. The van der Waals surface area contributed by atoms with Gasteiger partial charge >= 0.3 is 11.8 Å². The maximum absolute atomic E-state index is 11.8. The summed E-state index contributed by atoms with van der Waals surface area (Å²) in [5.74, 6) is -0.797. The summed E-state index contributed by atoms with van der Waals surface area (Å²) in [7, 11) is 0. The van der Waals surface area contributed by atoms with Gasteiger partial charge in [0.1, 0.15) is 0 Å². The predicted molar refractivity (Wildman–Crippen MR) is 71.5 cm³/mol. The first kappa shape index (κ1) is 15.8. The van der Waals surface area contributed by atoms with Crippen molar-refractivity contribution in [2.24, 2.45) is 11.7 Å². The van der Waals surface area contributed by atoms with Gasteiger partial charge in [-0.15, -0.1) is 0 Å². The van der Waals surface area contributed by atoms with Gasteiger partial charge in [-0.1, -0.05) is 32.5 Å². The van der Waals surface area contributed by atoms with Crippen LogP contribution in [0.1, 0.15) is 27.2 Å². The van der Waals surface area contributed by atoms with E-state index in [1.807, 2.05) is 13.8 Å². The lowest BCUT2D eigenvalue weighted by atomic mass is 10.1. The second kappa shape index (κ2) is 8.00. The summed E-state index contributed by atoms with van der Waals surface area (Å²) < 4.78 is 0. The van der Waals surface area contributed by atoms with Gasteiger partial charge in [0.15, 0.2) is 0 Å². The monoisotopic (exact) mass is 259 g/mol. The number of nitrogens with one attached hydrogen (secondary N) is 1. The summed E-state index contributed by atoms with van der Waals surface area (Å²) in [6.45, 7) is 7.11. The minimum Gasteiger partial charge on any atom is -0.392 e. The zero-order valence-electron chi connectivity index (χ0n) is 10.7. The third-order valence-corrected chi connectivity index (χ3v) is 2.66. The highest BCUT2D eigenvalue weighted by Crippen LogP contribution is 2.04. The summed E-state index contributed by atoms with van der Waals surface area (Å²) in [4.78, 5) is 25.0. The van der Waals surface area contributed by atoms with Gasteiger partial charge in [-0.3, -0.25) is 9.59 Å². The smallest absolute Gasteiger partial charge is 0.311 e. The van der Waals surface area contributed by atoms with E-state index in [0.29, 0.717) is 19.0 Å². The SMILES string of the molecule is CCC(C)CN(CC)C(=O)C(=O)NCC(N)=S. The molecular formula is C11H21N3O2S. The van der Waals surface area contributed by atoms with E-state index >= 15 is 0 Å². The normalized spacial score (nSPS) is 11.7. The first-order chi connectivity index (χ1) is 7.92. The average Bonchev–Trinajstić information content (AvgIpc) is 2.31. The van der Waals surface area contributed by atoms with Crippen LogP contribution in [-0.4, -0.2) is 41.3 Å². The van der Waals surface area contributed by atoms with Crippen molar-refractivity contribution in [2.45, 2.75) is 27.2 Å². The van der Waals surface area contributed by atoms with Crippen LogP contribution in [0.25, 0.3) is 0 Å². The molecule has 0 bridgehead atoms. The standard InChI is InChI=1S/C11H21N3O2S/c1-4-8(3)7-14(5-2)11(16)10(15)13-6-9(12)17/h8H,4-7H2,1-3H3,(H2,12,17)(H,13,15). The van der Waals surface area contributed by atoms with Gasteiger partial charge in [0.05, 0.1) is 11.5 Å². The highest BCUT2D eigenvalue weighted by Gasteiger charge is 2.21. The van der Waals surface area contributed by atoms with Crippen molar-refractivity contribution in [2.75, 3.05) is 19.6 Å². The first-order valence-corrected chi connectivity index (χ1v) is 6.18. The predicted octanol–water partition coefficient (Wildman–Crippen LogP) is 0.283. The third kappa shape index (κ3) is 6.21. The van der Waals surface area contributed by atoms with E-state index in [4.69, 9.17) is 5.73 Å². The van der Waals surface area contributed by atoms with E-state index in [9.17, 15) is 9.59 Å². The van der Waals surface area contributed by atoms with Gasteiger partial charge in [0.25, 0.3) is 0 Å². The molecule has 5 nitrogen and oxygen atoms in total. The van der Waals surface area contributed by atoms with Crippen molar-refractivity contribution in [3.63, 3.8) is 0 Å². The maximum atomic E-state index is 11.8. The molecule has 0 rings (SSSR count). The van der Waals surface area contributed by atoms with Crippen LogP contribution >= 0.6 is 12.2 Å². The lowest BCUT2D eigenvalue weighted by Crippen LogP contribution is -2.46.